The Morgan fingerprint density at radius 3 is 2.30 bits per heavy atom. The molecule has 0 fully saturated rings. The maximum absolute atomic E-state index is 12.7. The number of unbranched alkanes of at least 4 members (excludes halogenated alkanes) is 1. The molecule has 2 heteroatoms. The van der Waals surface area contributed by atoms with Crippen molar-refractivity contribution >= 4 is 22.6 Å². The summed E-state index contributed by atoms with van der Waals surface area (Å²) in [6.07, 6.45) is 4.38. The van der Waals surface area contributed by atoms with Crippen LogP contribution >= 0.6 is 22.6 Å². The van der Waals surface area contributed by atoms with Gasteiger partial charge in [0, 0.05) is 0 Å². The van der Waals surface area contributed by atoms with Crippen molar-refractivity contribution in [1.82, 2.24) is 0 Å². The highest BCUT2D eigenvalue weighted by Gasteiger charge is 2.14. The van der Waals surface area contributed by atoms with E-state index in [2.05, 4.69) is 13.8 Å². The number of hydrogen-bond donors (Lipinski definition) is 0. The smallest absolute Gasteiger partial charge is 0.154 e. The molecule has 0 spiro atoms. The van der Waals surface area contributed by atoms with Gasteiger partial charge in [-0.2, -0.15) is 0 Å². The minimum Gasteiger partial charge on any atom is -0.236 e. The summed E-state index contributed by atoms with van der Waals surface area (Å²) in [6.45, 7) is 4.21. The Morgan fingerprint density at radius 1 is 1.40 bits per heavy atom. The van der Waals surface area contributed by atoms with Gasteiger partial charge < -0.3 is 0 Å². The predicted octanol–water partition coefficient (Wildman–Crippen LogP) is 3.93. The lowest BCUT2D eigenvalue weighted by Crippen LogP contribution is -2.07. The Labute approximate surface area is 76.7 Å². The molecule has 62 valence electrons. The van der Waals surface area contributed by atoms with Gasteiger partial charge in [-0.15, -0.1) is 0 Å². The van der Waals surface area contributed by atoms with E-state index in [0.29, 0.717) is 5.92 Å². The van der Waals surface area contributed by atoms with Crippen molar-refractivity contribution in [3.8, 4) is 0 Å². The summed E-state index contributed by atoms with van der Waals surface area (Å²) in [5.41, 5.74) is 0. The molecule has 0 rings (SSSR count). The molecule has 0 aromatic heterocycles. The van der Waals surface area contributed by atoms with Crippen molar-refractivity contribution in [1.29, 1.82) is 0 Å². The molecular formula is C8H16FI. The fraction of sp³-hybridized carbons (Fsp3) is 1.00. The molecule has 0 N–H and O–H groups in total. The second-order valence-electron chi connectivity index (χ2n) is 2.65. The van der Waals surface area contributed by atoms with Gasteiger partial charge in [0.15, 0.2) is 4.18 Å². The standard InChI is InChI=1S/C8H16FI/c1-3-5-6-7(4-2)8(9)10/h7-8H,3-6H2,1-2H3. The highest BCUT2D eigenvalue weighted by molar-refractivity contribution is 14.1. The van der Waals surface area contributed by atoms with Gasteiger partial charge in [-0.3, -0.25) is 0 Å². The quantitative estimate of drug-likeness (QED) is 0.517. The lowest BCUT2D eigenvalue weighted by Gasteiger charge is -2.13. The molecule has 0 radical (unpaired) electrons. The van der Waals surface area contributed by atoms with Crippen LogP contribution in [0.25, 0.3) is 0 Å². The van der Waals surface area contributed by atoms with Crippen LogP contribution < -0.4 is 0 Å². The monoisotopic (exact) mass is 258 g/mol. The van der Waals surface area contributed by atoms with Gasteiger partial charge in [0.05, 0.1) is 0 Å². The molecule has 0 aromatic rings. The maximum Gasteiger partial charge on any atom is 0.154 e. The van der Waals surface area contributed by atoms with Crippen LogP contribution in [0.5, 0.6) is 0 Å². The minimum absolute atomic E-state index is 0.292. The third-order valence-electron chi connectivity index (χ3n) is 1.81. The number of alkyl halides is 2. The van der Waals surface area contributed by atoms with Gasteiger partial charge in [0.1, 0.15) is 0 Å². The van der Waals surface area contributed by atoms with E-state index >= 15 is 0 Å². The largest absolute Gasteiger partial charge is 0.236 e. The molecule has 0 bridgehead atoms. The van der Waals surface area contributed by atoms with Gasteiger partial charge in [0.25, 0.3) is 0 Å². The van der Waals surface area contributed by atoms with Crippen LogP contribution in [-0.4, -0.2) is 4.18 Å². The molecule has 0 aromatic carbocycles. The highest BCUT2D eigenvalue weighted by Crippen LogP contribution is 2.23. The molecule has 0 amide bonds. The second kappa shape index (κ2) is 6.38. The van der Waals surface area contributed by atoms with E-state index in [1.807, 2.05) is 22.6 Å². The fourth-order valence-electron chi connectivity index (χ4n) is 0.975. The molecule has 0 aliphatic rings. The van der Waals surface area contributed by atoms with E-state index in [1.54, 1.807) is 0 Å². The zero-order chi connectivity index (χ0) is 7.98. The van der Waals surface area contributed by atoms with Crippen LogP contribution in [0.2, 0.25) is 0 Å². The van der Waals surface area contributed by atoms with Crippen LogP contribution in [0.1, 0.15) is 39.5 Å². The fourth-order valence-corrected chi connectivity index (χ4v) is 1.84. The summed E-state index contributed by atoms with van der Waals surface area (Å²) in [7, 11) is 0. The van der Waals surface area contributed by atoms with Crippen molar-refractivity contribution in [3.63, 3.8) is 0 Å². The van der Waals surface area contributed by atoms with Crippen LogP contribution in [0, 0.1) is 5.92 Å². The first kappa shape index (κ1) is 10.7. The first-order chi connectivity index (χ1) is 4.72. The van der Waals surface area contributed by atoms with E-state index in [0.717, 1.165) is 12.8 Å². The number of rotatable bonds is 5. The Kier molecular flexibility index (Phi) is 6.80. The van der Waals surface area contributed by atoms with Crippen molar-refractivity contribution in [2.75, 3.05) is 0 Å². The SMILES string of the molecule is CCCCC(CC)C(F)I. The molecule has 0 saturated carbocycles. The zero-order valence-corrected chi connectivity index (χ0v) is 8.90. The maximum atomic E-state index is 12.7. The molecule has 2 atom stereocenters. The predicted molar refractivity (Wildman–Crippen MR) is 52.2 cm³/mol. The summed E-state index contributed by atoms with van der Waals surface area (Å²) in [4.78, 5) is 0. The molecule has 0 heterocycles. The topological polar surface area (TPSA) is 0 Å². The van der Waals surface area contributed by atoms with Crippen LogP contribution in [0.15, 0.2) is 0 Å². The summed E-state index contributed by atoms with van der Waals surface area (Å²) in [5, 5.41) is 0. The van der Waals surface area contributed by atoms with Crippen LogP contribution in [-0.2, 0) is 0 Å². The Balaban J connectivity index is 3.40. The van der Waals surface area contributed by atoms with Gasteiger partial charge in [0.2, 0.25) is 0 Å². The Bertz CT molecular complexity index is 73.7. The first-order valence-electron chi connectivity index (χ1n) is 4.00. The average molecular weight is 258 g/mol. The number of halogens is 2. The van der Waals surface area contributed by atoms with Crippen molar-refractivity contribution in [2.45, 2.75) is 43.7 Å². The normalized spacial score (nSPS) is 16.8. The van der Waals surface area contributed by atoms with Crippen molar-refractivity contribution in [3.05, 3.63) is 0 Å². The molecule has 2 unspecified atom stereocenters. The highest BCUT2D eigenvalue weighted by atomic mass is 127. The zero-order valence-electron chi connectivity index (χ0n) is 6.74. The lowest BCUT2D eigenvalue weighted by atomic mass is 10.0. The lowest BCUT2D eigenvalue weighted by molar-refractivity contribution is 0.311. The van der Waals surface area contributed by atoms with E-state index in [-0.39, 0.29) is 0 Å². The molecule has 0 saturated heterocycles. The van der Waals surface area contributed by atoms with E-state index < -0.39 is 4.18 Å². The van der Waals surface area contributed by atoms with Gasteiger partial charge in [-0.1, -0.05) is 26.7 Å². The summed E-state index contributed by atoms with van der Waals surface area (Å²) < 4.78 is 12.0. The van der Waals surface area contributed by atoms with Gasteiger partial charge in [-0.05, 0) is 41.4 Å². The third kappa shape index (κ3) is 4.47. The third-order valence-corrected chi connectivity index (χ3v) is 2.83. The second-order valence-corrected chi connectivity index (χ2v) is 3.83. The average Bonchev–Trinajstić information content (AvgIpc) is 1.89. The first-order valence-corrected chi connectivity index (χ1v) is 5.25. The summed E-state index contributed by atoms with van der Waals surface area (Å²) in [6, 6.07) is 0. The molecule has 0 nitrogen and oxygen atoms in total. The molecule has 0 aliphatic carbocycles. The van der Waals surface area contributed by atoms with Crippen LogP contribution in [0.3, 0.4) is 0 Å². The molecule has 0 aliphatic heterocycles. The molecular weight excluding hydrogens is 242 g/mol. The van der Waals surface area contributed by atoms with Crippen molar-refractivity contribution < 1.29 is 4.39 Å². The molecule has 10 heavy (non-hydrogen) atoms. The Hall–Kier alpha value is 0.660. The van der Waals surface area contributed by atoms with E-state index in [1.165, 1.54) is 12.8 Å². The Morgan fingerprint density at radius 2 is 2.00 bits per heavy atom. The minimum atomic E-state index is -0.644. The van der Waals surface area contributed by atoms with Gasteiger partial charge >= 0.3 is 0 Å². The van der Waals surface area contributed by atoms with E-state index in [4.69, 9.17) is 0 Å². The van der Waals surface area contributed by atoms with Crippen molar-refractivity contribution in [2.24, 2.45) is 5.92 Å². The van der Waals surface area contributed by atoms with Gasteiger partial charge in [-0.25, -0.2) is 4.39 Å². The number of hydrogen-bond acceptors (Lipinski definition) is 0. The van der Waals surface area contributed by atoms with E-state index in [9.17, 15) is 4.39 Å². The summed E-state index contributed by atoms with van der Waals surface area (Å²) >= 11 is 1.88. The van der Waals surface area contributed by atoms with Crippen LogP contribution in [0.4, 0.5) is 4.39 Å². The summed E-state index contributed by atoms with van der Waals surface area (Å²) in [5.74, 6) is 0.292.